The van der Waals surface area contributed by atoms with E-state index < -0.39 is 11.6 Å². The second kappa shape index (κ2) is 7.23. The molecule has 1 heterocycles. The number of rotatable bonds is 3. The molecule has 0 radical (unpaired) electrons. The van der Waals surface area contributed by atoms with Gasteiger partial charge in [-0.15, -0.1) is 0 Å². The van der Waals surface area contributed by atoms with Gasteiger partial charge in [0.1, 0.15) is 5.54 Å². The van der Waals surface area contributed by atoms with E-state index in [1.54, 1.807) is 0 Å². The molecule has 2 fully saturated rings. The lowest BCUT2D eigenvalue weighted by atomic mass is 9.77. The van der Waals surface area contributed by atoms with Crippen LogP contribution in [0.2, 0.25) is 0 Å². The van der Waals surface area contributed by atoms with Gasteiger partial charge in [-0.1, -0.05) is 32.9 Å². The predicted molar refractivity (Wildman–Crippen MR) is 106 cm³/mol. The first-order chi connectivity index (χ1) is 12.3. The van der Waals surface area contributed by atoms with Crippen molar-refractivity contribution >= 4 is 35.0 Å². The summed E-state index contributed by atoms with van der Waals surface area (Å²) in [5, 5.41) is 7.11. The van der Waals surface area contributed by atoms with Gasteiger partial charge in [0, 0.05) is 5.69 Å². The molecule has 1 saturated heterocycles. The highest BCUT2D eigenvalue weighted by atomic mass is 32.1. The van der Waals surface area contributed by atoms with Gasteiger partial charge in [0.05, 0.1) is 0 Å². The van der Waals surface area contributed by atoms with Crippen molar-refractivity contribution in [3.05, 3.63) is 29.8 Å². The van der Waals surface area contributed by atoms with Gasteiger partial charge in [-0.3, -0.25) is 10.2 Å². The number of imide groups is 1. The minimum absolute atomic E-state index is 0.215. The number of hydrazine groups is 1. The first-order valence-electron chi connectivity index (χ1n) is 9.15. The summed E-state index contributed by atoms with van der Waals surface area (Å²) < 4.78 is 0. The highest BCUT2D eigenvalue weighted by Crippen LogP contribution is 2.35. The highest BCUT2D eigenvalue weighted by molar-refractivity contribution is 7.80. The zero-order chi connectivity index (χ0) is 18.9. The molecule has 2 aliphatic rings. The van der Waals surface area contributed by atoms with E-state index in [1.807, 2.05) is 24.3 Å². The topological polar surface area (TPSA) is 73.5 Å². The largest absolute Gasteiger partial charge is 0.344 e. The van der Waals surface area contributed by atoms with Crippen LogP contribution in [-0.2, 0) is 4.79 Å². The van der Waals surface area contributed by atoms with Gasteiger partial charge >= 0.3 is 6.03 Å². The van der Waals surface area contributed by atoms with Crippen LogP contribution in [0.5, 0.6) is 0 Å². The summed E-state index contributed by atoms with van der Waals surface area (Å²) in [5.41, 5.74) is 4.01. The smallest absolute Gasteiger partial charge is 0.331 e. The van der Waals surface area contributed by atoms with Crippen LogP contribution in [0.15, 0.2) is 24.3 Å². The lowest BCUT2D eigenvalue weighted by molar-refractivity contribution is -0.133. The van der Waals surface area contributed by atoms with Crippen molar-refractivity contribution in [1.29, 1.82) is 0 Å². The Labute approximate surface area is 159 Å². The maximum absolute atomic E-state index is 12.8. The molecule has 0 bridgehead atoms. The zero-order valence-corrected chi connectivity index (χ0v) is 16.3. The number of anilines is 1. The monoisotopic (exact) mass is 374 g/mol. The number of thiocarbonyl (C=S) groups is 1. The number of amides is 3. The fourth-order valence-corrected chi connectivity index (χ4v) is 3.74. The van der Waals surface area contributed by atoms with E-state index in [0.29, 0.717) is 24.7 Å². The number of nitrogens with zero attached hydrogens (tertiary/aromatic N) is 1. The summed E-state index contributed by atoms with van der Waals surface area (Å²) in [7, 11) is 0. The molecule has 0 atom stereocenters. The van der Waals surface area contributed by atoms with Gasteiger partial charge in [0.15, 0.2) is 5.11 Å². The minimum Gasteiger partial charge on any atom is -0.331 e. The fourth-order valence-electron chi connectivity index (χ4n) is 3.53. The van der Waals surface area contributed by atoms with E-state index in [9.17, 15) is 9.59 Å². The number of benzene rings is 1. The molecule has 26 heavy (non-hydrogen) atoms. The third-order valence-electron chi connectivity index (χ3n) is 5.34. The summed E-state index contributed by atoms with van der Waals surface area (Å²) >= 11 is 5.28. The molecular weight excluding hydrogens is 348 g/mol. The van der Waals surface area contributed by atoms with Crippen LogP contribution in [-0.4, -0.2) is 27.6 Å². The van der Waals surface area contributed by atoms with Crippen LogP contribution in [0.3, 0.4) is 0 Å². The van der Waals surface area contributed by atoms with E-state index in [4.69, 9.17) is 12.2 Å². The quantitative estimate of drug-likeness (QED) is 0.558. The predicted octanol–water partition coefficient (Wildman–Crippen LogP) is 3.51. The molecule has 1 aromatic carbocycles. The molecule has 0 unspecified atom stereocenters. The van der Waals surface area contributed by atoms with Crippen molar-refractivity contribution in [1.82, 2.24) is 15.8 Å². The molecule has 140 valence electrons. The summed E-state index contributed by atoms with van der Waals surface area (Å²) in [5.74, 6) is 0.798. The molecule has 1 aromatic rings. The molecule has 3 rings (SSSR count). The second-order valence-corrected chi connectivity index (χ2v) is 8.09. The van der Waals surface area contributed by atoms with Crippen molar-refractivity contribution in [3.8, 4) is 0 Å². The molecule has 1 spiro atoms. The van der Waals surface area contributed by atoms with Crippen LogP contribution in [0.1, 0.15) is 57.9 Å². The number of nitrogens with one attached hydrogen (secondary N) is 3. The third kappa shape index (κ3) is 3.67. The van der Waals surface area contributed by atoms with Crippen LogP contribution in [0.4, 0.5) is 10.5 Å². The van der Waals surface area contributed by atoms with Crippen LogP contribution in [0.25, 0.3) is 0 Å². The van der Waals surface area contributed by atoms with Crippen molar-refractivity contribution in [2.45, 2.75) is 57.9 Å². The van der Waals surface area contributed by atoms with Gasteiger partial charge in [0.25, 0.3) is 5.91 Å². The van der Waals surface area contributed by atoms with Crippen molar-refractivity contribution < 1.29 is 9.59 Å². The van der Waals surface area contributed by atoms with Crippen LogP contribution in [0, 0.1) is 5.92 Å². The summed E-state index contributed by atoms with van der Waals surface area (Å²) in [4.78, 5) is 25.1. The molecule has 1 aliphatic carbocycles. The Balaban J connectivity index is 1.62. The number of urea groups is 1. The molecular formula is C19H26N4O2S. The van der Waals surface area contributed by atoms with Crippen LogP contribution >= 0.6 is 12.2 Å². The molecule has 7 heteroatoms. The number of carbonyl (C=O) groups is 2. The second-order valence-electron chi connectivity index (χ2n) is 7.68. The Bertz CT molecular complexity index is 709. The Hall–Kier alpha value is -2.15. The molecule has 1 aliphatic heterocycles. The van der Waals surface area contributed by atoms with E-state index in [0.717, 1.165) is 23.5 Å². The zero-order valence-electron chi connectivity index (χ0n) is 15.5. The van der Waals surface area contributed by atoms with Gasteiger partial charge < -0.3 is 10.6 Å². The average Bonchev–Trinajstić information content (AvgIpc) is 2.82. The fraction of sp³-hybridized carbons (Fsp3) is 0.526. The Morgan fingerprint density at radius 1 is 1.23 bits per heavy atom. The van der Waals surface area contributed by atoms with Crippen LogP contribution < -0.4 is 16.1 Å². The summed E-state index contributed by atoms with van der Waals surface area (Å²) in [6, 6.07) is 7.48. The van der Waals surface area contributed by atoms with Gasteiger partial charge in [-0.05, 0) is 67.4 Å². The maximum Gasteiger partial charge on any atom is 0.344 e. The molecule has 3 N–H and O–H groups in total. The number of hydrogen-bond donors (Lipinski definition) is 3. The van der Waals surface area contributed by atoms with Crippen molar-refractivity contribution in [2.24, 2.45) is 5.92 Å². The molecule has 0 aromatic heterocycles. The standard InChI is InChI=1S/C19H26N4O2S/c1-12(2)14-4-6-15(7-5-14)20-17(26)22-23-16(24)19(21-18(23)25)10-8-13(3)9-11-19/h4-7,12-13H,8-11H2,1-3H3,(H,21,25)(H2,20,22,26). The third-order valence-corrected chi connectivity index (χ3v) is 5.53. The van der Waals surface area contributed by atoms with Gasteiger partial charge in [-0.2, -0.15) is 5.01 Å². The summed E-state index contributed by atoms with van der Waals surface area (Å²) in [6.07, 6.45) is 3.22. The molecule has 3 amide bonds. The lowest BCUT2D eigenvalue weighted by Crippen LogP contribution is -2.52. The summed E-state index contributed by atoms with van der Waals surface area (Å²) in [6.45, 7) is 6.44. The molecule has 1 saturated carbocycles. The highest BCUT2D eigenvalue weighted by Gasteiger charge is 2.52. The Morgan fingerprint density at radius 2 is 1.85 bits per heavy atom. The van der Waals surface area contributed by atoms with Crippen molar-refractivity contribution in [2.75, 3.05) is 5.32 Å². The number of hydrogen-bond acceptors (Lipinski definition) is 3. The Kier molecular flexibility index (Phi) is 5.18. The van der Waals surface area contributed by atoms with E-state index >= 15 is 0 Å². The first kappa shape index (κ1) is 18.6. The lowest BCUT2D eigenvalue weighted by Gasteiger charge is -2.33. The van der Waals surface area contributed by atoms with E-state index in [-0.39, 0.29) is 11.0 Å². The Morgan fingerprint density at radius 3 is 2.42 bits per heavy atom. The van der Waals surface area contributed by atoms with Gasteiger partial charge in [0.2, 0.25) is 0 Å². The normalized spacial score (nSPS) is 25.5. The first-order valence-corrected chi connectivity index (χ1v) is 9.56. The average molecular weight is 375 g/mol. The SMILES string of the molecule is CC1CCC2(CC1)NC(=O)N(NC(=S)Nc1ccc(C(C)C)cc1)C2=O. The van der Waals surface area contributed by atoms with E-state index in [2.05, 4.69) is 36.8 Å². The maximum atomic E-state index is 12.8. The van der Waals surface area contributed by atoms with Gasteiger partial charge in [-0.25, -0.2) is 4.79 Å². The molecule has 6 nitrogen and oxygen atoms in total. The van der Waals surface area contributed by atoms with Crippen molar-refractivity contribution in [3.63, 3.8) is 0 Å². The van der Waals surface area contributed by atoms with E-state index in [1.165, 1.54) is 5.56 Å². The minimum atomic E-state index is -0.773. The number of carbonyl (C=O) groups excluding carboxylic acids is 2.